The van der Waals surface area contributed by atoms with Gasteiger partial charge in [-0.2, -0.15) is 0 Å². The number of aromatic nitrogens is 1. The number of pyridine rings is 1. The minimum absolute atomic E-state index is 0.0788. The molecule has 0 fully saturated rings. The largest absolute Gasteiger partial charge is 0.383 e. The van der Waals surface area contributed by atoms with Crippen molar-refractivity contribution < 1.29 is 13.2 Å². The highest BCUT2D eigenvalue weighted by molar-refractivity contribution is 7.89. The Bertz CT molecular complexity index is 850. The molecule has 0 saturated heterocycles. The maximum Gasteiger partial charge on any atom is 0.272 e. The average Bonchev–Trinajstić information content (AvgIpc) is 2.66. The molecule has 0 bridgehead atoms. The van der Waals surface area contributed by atoms with Gasteiger partial charge in [0.1, 0.15) is 5.69 Å². The number of sulfonamides is 1. The molecule has 0 radical (unpaired) electrons. The first kappa shape index (κ1) is 20.9. The van der Waals surface area contributed by atoms with Crippen LogP contribution in [-0.4, -0.2) is 44.3 Å². The van der Waals surface area contributed by atoms with Crippen molar-refractivity contribution in [2.45, 2.75) is 31.1 Å². The van der Waals surface area contributed by atoms with Crippen LogP contribution in [0.2, 0.25) is 0 Å². The summed E-state index contributed by atoms with van der Waals surface area (Å²) in [7, 11) is -1.88. The van der Waals surface area contributed by atoms with Gasteiger partial charge in [-0.1, -0.05) is 25.5 Å². The first-order chi connectivity index (χ1) is 12.8. The molecule has 27 heavy (non-hydrogen) atoms. The predicted molar refractivity (Wildman–Crippen MR) is 106 cm³/mol. The Morgan fingerprint density at radius 2 is 1.89 bits per heavy atom. The van der Waals surface area contributed by atoms with E-state index < -0.39 is 10.0 Å². The lowest BCUT2D eigenvalue weighted by Gasteiger charge is -2.16. The molecule has 1 aromatic carbocycles. The van der Waals surface area contributed by atoms with Crippen molar-refractivity contribution in [3.8, 4) is 0 Å². The summed E-state index contributed by atoms with van der Waals surface area (Å²) < 4.78 is 22.5. The number of nitrogens with one attached hydrogen (secondary N) is 1. The SMILES string of the molecule is CCCCN(C)C(=O)c1ccc(NCCc2ccc(S(N)(=O)=O)cc2)cn1. The van der Waals surface area contributed by atoms with E-state index in [1.54, 1.807) is 36.3 Å². The number of nitrogens with two attached hydrogens (primary N) is 1. The smallest absolute Gasteiger partial charge is 0.272 e. The van der Waals surface area contributed by atoms with Gasteiger partial charge in [0, 0.05) is 20.1 Å². The van der Waals surface area contributed by atoms with Crippen LogP contribution < -0.4 is 10.5 Å². The van der Waals surface area contributed by atoms with E-state index in [4.69, 9.17) is 5.14 Å². The standard InChI is InChI=1S/C19H26N4O3S/c1-3-4-13-23(2)19(24)18-10-7-16(14-22-18)21-12-11-15-5-8-17(9-6-15)27(20,25)26/h5-10,14,21H,3-4,11-13H2,1-2H3,(H2,20,25,26). The molecule has 146 valence electrons. The van der Waals surface area contributed by atoms with Gasteiger partial charge in [-0.05, 0) is 42.7 Å². The molecule has 0 aliphatic heterocycles. The molecule has 7 nitrogen and oxygen atoms in total. The molecule has 0 atom stereocenters. The van der Waals surface area contributed by atoms with E-state index in [2.05, 4.69) is 17.2 Å². The summed E-state index contributed by atoms with van der Waals surface area (Å²) in [5.41, 5.74) is 2.24. The molecule has 0 unspecified atom stereocenters. The molecular weight excluding hydrogens is 364 g/mol. The Kier molecular flexibility index (Phi) is 7.32. The third kappa shape index (κ3) is 6.33. The number of unbranched alkanes of at least 4 members (excludes halogenated alkanes) is 1. The van der Waals surface area contributed by atoms with Crippen molar-refractivity contribution in [1.82, 2.24) is 9.88 Å². The van der Waals surface area contributed by atoms with E-state index in [1.807, 2.05) is 6.07 Å². The van der Waals surface area contributed by atoms with Crippen molar-refractivity contribution in [2.24, 2.45) is 5.14 Å². The van der Waals surface area contributed by atoms with Gasteiger partial charge in [-0.25, -0.2) is 18.5 Å². The monoisotopic (exact) mass is 390 g/mol. The topological polar surface area (TPSA) is 105 Å². The zero-order valence-corrected chi connectivity index (χ0v) is 16.5. The van der Waals surface area contributed by atoms with Crippen LogP contribution in [0.3, 0.4) is 0 Å². The highest BCUT2D eigenvalue weighted by atomic mass is 32.2. The third-order valence-electron chi connectivity index (χ3n) is 4.17. The molecule has 0 saturated carbocycles. The number of carbonyl (C=O) groups excluding carboxylic acids is 1. The van der Waals surface area contributed by atoms with Gasteiger partial charge in [0.05, 0.1) is 16.8 Å². The van der Waals surface area contributed by atoms with Gasteiger partial charge in [0.25, 0.3) is 5.91 Å². The fourth-order valence-electron chi connectivity index (χ4n) is 2.51. The number of anilines is 1. The highest BCUT2D eigenvalue weighted by Gasteiger charge is 2.12. The number of hydrogen-bond donors (Lipinski definition) is 2. The van der Waals surface area contributed by atoms with Crippen LogP contribution in [0.4, 0.5) is 5.69 Å². The average molecular weight is 391 g/mol. The summed E-state index contributed by atoms with van der Waals surface area (Å²) in [6, 6.07) is 10.0. The molecular formula is C19H26N4O3S. The van der Waals surface area contributed by atoms with Gasteiger partial charge < -0.3 is 10.2 Å². The van der Waals surface area contributed by atoms with Crippen LogP contribution in [0.5, 0.6) is 0 Å². The molecule has 1 heterocycles. The first-order valence-electron chi connectivity index (χ1n) is 8.88. The number of amides is 1. The van der Waals surface area contributed by atoms with Crippen molar-refractivity contribution in [3.05, 3.63) is 53.9 Å². The van der Waals surface area contributed by atoms with Crippen LogP contribution in [0.1, 0.15) is 35.8 Å². The summed E-state index contributed by atoms with van der Waals surface area (Å²) in [5.74, 6) is -0.0788. The number of rotatable bonds is 9. The second kappa shape index (κ2) is 9.48. The van der Waals surface area contributed by atoms with Gasteiger partial charge in [-0.3, -0.25) is 4.79 Å². The molecule has 0 aliphatic carbocycles. The van der Waals surface area contributed by atoms with Gasteiger partial charge in [0.2, 0.25) is 10.0 Å². The number of carbonyl (C=O) groups is 1. The van der Waals surface area contributed by atoms with Gasteiger partial charge in [-0.15, -0.1) is 0 Å². The second-order valence-electron chi connectivity index (χ2n) is 6.38. The van der Waals surface area contributed by atoms with Crippen LogP contribution in [0.25, 0.3) is 0 Å². The summed E-state index contributed by atoms with van der Waals surface area (Å²) in [6.45, 7) is 3.47. The third-order valence-corrected chi connectivity index (χ3v) is 5.10. The maximum atomic E-state index is 12.3. The molecule has 1 aromatic heterocycles. The van der Waals surface area contributed by atoms with Crippen LogP contribution in [0.15, 0.2) is 47.5 Å². The van der Waals surface area contributed by atoms with E-state index in [0.29, 0.717) is 18.7 Å². The van der Waals surface area contributed by atoms with Crippen LogP contribution in [0, 0.1) is 0 Å². The molecule has 3 N–H and O–H groups in total. The molecule has 2 rings (SSSR count). The molecule has 8 heteroatoms. The highest BCUT2D eigenvalue weighted by Crippen LogP contribution is 2.11. The lowest BCUT2D eigenvalue weighted by molar-refractivity contribution is 0.0787. The minimum atomic E-state index is -3.66. The lowest BCUT2D eigenvalue weighted by atomic mass is 10.1. The number of primary sulfonamides is 1. The van der Waals surface area contributed by atoms with Crippen molar-refractivity contribution in [2.75, 3.05) is 25.5 Å². The van der Waals surface area contributed by atoms with E-state index in [1.165, 1.54) is 12.1 Å². The minimum Gasteiger partial charge on any atom is -0.383 e. The lowest BCUT2D eigenvalue weighted by Crippen LogP contribution is -2.28. The van der Waals surface area contributed by atoms with E-state index in [-0.39, 0.29) is 10.8 Å². The second-order valence-corrected chi connectivity index (χ2v) is 7.94. The number of nitrogens with zero attached hydrogens (tertiary/aromatic N) is 2. The van der Waals surface area contributed by atoms with Gasteiger partial charge in [0.15, 0.2) is 0 Å². The normalized spacial score (nSPS) is 11.2. The van der Waals surface area contributed by atoms with E-state index in [0.717, 1.165) is 30.6 Å². The summed E-state index contributed by atoms with van der Waals surface area (Å²) in [6.07, 6.45) is 4.37. The van der Waals surface area contributed by atoms with E-state index in [9.17, 15) is 13.2 Å². The summed E-state index contributed by atoms with van der Waals surface area (Å²) in [5, 5.41) is 8.32. The zero-order chi connectivity index (χ0) is 19.9. The summed E-state index contributed by atoms with van der Waals surface area (Å²) in [4.78, 5) is 18.3. The number of hydrogen-bond acceptors (Lipinski definition) is 5. The summed E-state index contributed by atoms with van der Waals surface area (Å²) >= 11 is 0. The van der Waals surface area contributed by atoms with Crippen LogP contribution >= 0.6 is 0 Å². The maximum absolute atomic E-state index is 12.3. The van der Waals surface area contributed by atoms with Crippen molar-refractivity contribution in [1.29, 1.82) is 0 Å². The fraction of sp³-hybridized carbons (Fsp3) is 0.368. The predicted octanol–water partition coefficient (Wildman–Crippen LogP) is 2.26. The molecule has 1 amide bonds. The Labute approximate surface area is 160 Å². The quantitative estimate of drug-likeness (QED) is 0.683. The molecule has 0 aliphatic rings. The Morgan fingerprint density at radius 1 is 1.19 bits per heavy atom. The Morgan fingerprint density at radius 3 is 2.44 bits per heavy atom. The zero-order valence-electron chi connectivity index (χ0n) is 15.7. The van der Waals surface area contributed by atoms with Crippen molar-refractivity contribution >= 4 is 21.6 Å². The fourth-order valence-corrected chi connectivity index (χ4v) is 3.03. The first-order valence-corrected chi connectivity index (χ1v) is 10.4. The number of benzene rings is 1. The van der Waals surface area contributed by atoms with Crippen LogP contribution in [-0.2, 0) is 16.4 Å². The van der Waals surface area contributed by atoms with Crippen molar-refractivity contribution in [3.63, 3.8) is 0 Å². The Hall–Kier alpha value is -2.45. The molecule has 2 aromatic rings. The Balaban J connectivity index is 1.85. The van der Waals surface area contributed by atoms with Gasteiger partial charge >= 0.3 is 0 Å². The molecule has 0 spiro atoms. The van der Waals surface area contributed by atoms with E-state index >= 15 is 0 Å².